The van der Waals surface area contributed by atoms with Gasteiger partial charge in [-0.15, -0.1) is 0 Å². The molecule has 0 saturated heterocycles. The minimum atomic E-state index is 0.144. The first kappa shape index (κ1) is 15.4. The van der Waals surface area contributed by atoms with Gasteiger partial charge < -0.3 is 15.8 Å². The van der Waals surface area contributed by atoms with Crippen molar-refractivity contribution in [1.29, 1.82) is 0 Å². The van der Waals surface area contributed by atoms with Gasteiger partial charge in [-0.1, -0.05) is 29.3 Å². The summed E-state index contributed by atoms with van der Waals surface area (Å²) in [5.74, 6) is 0.838. The third-order valence-electron chi connectivity index (χ3n) is 3.24. The molecular formula is C14H19Cl2N3O. The number of benzene rings is 1. The highest BCUT2D eigenvalue weighted by atomic mass is 35.5. The molecule has 1 aliphatic carbocycles. The largest absolute Gasteiger partial charge is 0.383 e. The number of halogens is 2. The molecule has 0 aromatic heterocycles. The Labute approximate surface area is 129 Å². The highest BCUT2D eigenvalue weighted by molar-refractivity contribution is 6.42. The maximum absolute atomic E-state index is 6.02. The van der Waals surface area contributed by atoms with Crippen LogP contribution in [-0.4, -0.2) is 31.8 Å². The van der Waals surface area contributed by atoms with Crippen LogP contribution in [0.15, 0.2) is 23.2 Å². The van der Waals surface area contributed by atoms with Crippen molar-refractivity contribution in [3.05, 3.63) is 33.8 Å². The monoisotopic (exact) mass is 315 g/mol. The van der Waals surface area contributed by atoms with Gasteiger partial charge in [-0.3, -0.25) is 0 Å². The van der Waals surface area contributed by atoms with Crippen molar-refractivity contribution in [3.8, 4) is 0 Å². The first-order valence-corrected chi connectivity index (χ1v) is 7.30. The summed E-state index contributed by atoms with van der Waals surface area (Å²) in [5, 5.41) is 4.26. The van der Waals surface area contributed by atoms with E-state index in [1.807, 2.05) is 25.1 Å². The molecule has 110 valence electrons. The van der Waals surface area contributed by atoms with Crippen molar-refractivity contribution in [3.63, 3.8) is 0 Å². The highest BCUT2D eigenvalue weighted by Crippen LogP contribution is 2.44. The maximum Gasteiger partial charge on any atom is 0.189 e. The predicted octanol–water partition coefficient (Wildman–Crippen LogP) is 2.79. The van der Waals surface area contributed by atoms with Gasteiger partial charge in [0.25, 0.3) is 0 Å². The van der Waals surface area contributed by atoms with E-state index in [0.29, 0.717) is 28.5 Å². The first-order valence-electron chi connectivity index (χ1n) is 6.55. The standard InChI is InChI=1S/C14H19Cl2N3O/c1-8(7-20-2)18-14(17)19-13-6-10(13)9-3-4-11(15)12(16)5-9/h3-5,8,10,13H,6-7H2,1-2H3,(H3,17,18,19)/t8?,10-,13+/m0/s1. The highest BCUT2D eigenvalue weighted by Gasteiger charge is 2.38. The fraction of sp³-hybridized carbons (Fsp3) is 0.500. The fourth-order valence-corrected chi connectivity index (χ4v) is 2.49. The lowest BCUT2D eigenvalue weighted by Gasteiger charge is -2.13. The number of nitrogens with zero attached hydrogens (tertiary/aromatic N) is 1. The van der Waals surface area contributed by atoms with E-state index in [9.17, 15) is 0 Å². The molecule has 1 aromatic carbocycles. The molecule has 0 bridgehead atoms. The van der Waals surface area contributed by atoms with E-state index in [4.69, 9.17) is 33.7 Å². The van der Waals surface area contributed by atoms with E-state index < -0.39 is 0 Å². The Morgan fingerprint density at radius 3 is 2.90 bits per heavy atom. The Hall–Kier alpha value is -0.970. The van der Waals surface area contributed by atoms with Crippen molar-refractivity contribution < 1.29 is 4.74 Å². The summed E-state index contributed by atoms with van der Waals surface area (Å²) in [6.45, 7) is 2.59. The molecule has 1 fully saturated rings. The molecule has 0 heterocycles. The second kappa shape index (κ2) is 6.66. The Morgan fingerprint density at radius 2 is 2.25 bits per heavy atom. The number of nitrogens with one attached hydrogen (secondary N) is 1. The molecule has 3 atom stereocenters. The van der Waals surface area contributed by atoms with Crippen molar-refractivity contribution >= 4 is 29.2 Å². The Morgan fingerprint density at radius 1 is 1.50 bits per heavy atom. The molecule has 20 heavy (non-hydrogen) atoms. The van der Waals surface area contributed by atoms with E-state index in [-0.39, 0.29) is 12.1 Å². The summed E-state index contributed by atoms with van der Waals surface area (Å²) >= 11 is 11.9. The molecule has 4 nitrogen and oxygen atoms in total. The summed E-state index contributed by atoms with van der Waals surface area (Å²) in [6, 6.07) is 6.08. The van der Waals surface area contributed by atoms with Crippen LogP contribution in [0, 0.1) is 0 Å². The predicted molar refractivity (Wildman–Crippen MR) is 83.7 cm³/mol. The normalized spacial score (nSPS) is 23.5. The maximum atomic E-state index is 6.02. The molecule has 0 spiro atoms. The van der Waals surface area contributed by atoms with Crippen LogP contribution < -0.4 is 11.1 Å². The van der Waals surface area contributed by atoms with Crippen LogP contribution >= 0.6 is 23.2 Å². The summed E-state index contributed by atoms with van der Waals surface area (Å²) < 4.78 is 5.04. The number of rotatable bonds is 5. The molecule has 2 rings (SSSR count). The van der Waals surface area contributed by atoms with Crippen LogP contribution in [0.25, 0.3) is 0 Å². The summed E-state index contributed by atoms with van der Waals surface area (Å²) in [6.07, 6.45) is 0.985. The smallest absolute Gasteiger partial charge is 0.189 e. The van der Waals surface area contributed by atoms with Gasteiger partial charge in [-0.05, 0) is 31.0 Å². The lowest BCUT2D eigenvalue weighted by atomic mass is 10.1. The van der Waals surface area contributed by atoms with Crippen LogP contribution in [0.5, 0.6) is 0 Å². The molecule has 3 N–H and O–H groups in total. The quantitative estimate of drug-likeness (QED) is 0.649. The molecule has 0 radical (unpaired) electrons. The second-order valence-electron chi connectivity index (χ2n) is 5.10. The average Bonchev–Trinajstić information content (AvgIpc) is 3.11. The number of methoxy groups -OCH3 is 1. The second-order valence-corrected chi connectivity index (χ2v) is 5.91. The number of hydrogen-bond donors (Lipinski definition) is 2. The first-order chi connectivity index (χ1) is 9.51. The molecule has 0 aliphatic heterocycles. The molecular weight excluding hydrogens is 297 g/mol. The number of aliphatic imine (C=N–C) groups is 1. The fourth-order valence-electron chi connectivity index (χ4n) is 2.19. The van der Waals surface area contributed by atoms with Gasteiger partial charge in [0.1, 0.15) is 0 Å². The lowest BCUT2D eigenvalue weighted by Crippen LogP contribution is -2.40. The van der Waals surface area contributed by atoms with Gasteiger partial charge >= 0.3 is 0 Å². The Kier molecular flexibility index (Phi) is 5.13. The number of ether oxygens (including phenoxy) is 1. The zero-order valence-corrected chi connectivity index (χ0v) is 13.1. The molecule has 1 saturated carbocycles. The molecule has 0 amide bonds. The Bertz CT molecular complexity index is 507. The number of guanidine groups is 1. The molecule has 1 aliphatic rings. The molecule has 1 aromatic rings. The van der Waals surface area contributed by atoms with Gasteiger partial charge in [0.2, 0.25) is 0 Å². The van der Waals surface area contributed by atoms with Crippen molar-refractivity contribution in [2.75, 3.05) is 13.7 Å². The van der Waals surface area contributed by atoms with Crippen LogP contribution in [0.4, 0.5) is 0 Å². The van der Waals surface area contributed by atoms with Crippen molar-refractivity contribution in [2.24, 2.45) is 10.7 Å². The summed E-state index contributed by atoms with van der Waals surface area (Å²) in [5.41, 5.74) is 7.03. The zero-order chi connectivity index (χ0) is 14.7. The van der Waals surface area contributed by atoms with Gasteiger partial charge in [0.05, 0.1) is 22.7 Å². The van der Waals surface area contributed by atoms with Crippen molar-refractivity contribution in [2.45, 2.75) is 31.3 Å². The van der Waals surface area contributed by atoms with Gasteiger partial charge in [0, 0.05) is 19.1 Å². The van der Waals surface area contributed by atoms with E-state index in [0.717, 1.165) is 12.0 Å². The van der Waals surface area contributed by atoms with Crippen molar-refractivity contribution in [1.82, 2.24) is 5.32 Å². The summed E-state index contributed by atoms with van der Waals surface area (Å²) in [4.78, 5) is 4.47. The van der Waals surface area contributed by atoms with Gasteiger partial charge in [-0.25, -0.2) is 4.99 Å². The number of nitrogens with two attached hydrogens (primary N) is 1. The summed E-state index contributed by atoms with van der Waals surface area (Å²) in [7, 11) is 1.66. The third-order valence-corrected chi connectivity index (χ3v) is 3.98. The number of hydrogen-bond acceptors (Lipinski definition) is 2. The Balaban J connectivity index is 1.92. The van der Waals surface area contributed by atoms with Gasteiger partial charge in [-0.2, -0.15) is 0 Å². The van der Waals surface area contributed by atoms with Crippen LogP contribution in [0.3, 0.4) is 0 Å². The molecule has 1 unspecified atom stereocenters. The van der Waals surface area contributed by atoms with E-state index in [2.05, 4.69) is 10.3 Å². The molecule has 6 heteroatoms. The average molecular weight is 316 g/mol. The van der Waals surface area contributed by atoms with E-state index in [1.54, 1.807) is 7.11 Å². The minimum absolute atomic E-state index is 0.144. The van der Waals surface area contributed by atoms with Crippen LogP contribution in [0.1, 0.15) is 24.8 Å². The van der Waals surface area contributed by atoms with Crippen LogP contribution in [-0.2, 0) is 4.74 Å². The lowest BCUT2D eigenvalue weighted by molar-refractivity contribution is 0.179. The van der Waals surface area contributed by atoms with E-state index in [1.165, 1.54) is 0 Å². The van der Waals surface area contributed by atoms with Gasteiger partial charge in [0.15, 0.2) is 5.96 Å². The SMILES string of the molecule is COCC(C)NC(N)=N[C@@H]1C[C@H]1c1ccc(Cl)c(Cl)c1. The topological polar surface area (TPSA) is 59.6 Å². The third kappa shape index (κ3) is 4.01. The van der Waals surface area contributed by atoms with Crippen LogP contribution in [0.2, 0.25) is 10.0 Å². The minimum Gasteiger partial charge on any atom is -0.383 e. The van der Waals surface area contributed by atoms with E-state index >= 15 is 0 Å². The zero-order valence-electron chi connectivity index (χ0n) is 11.6.